The van der Waals surface area contributed by atoms with Gasteiger partial charge in [-0.15, -0.1) is 0 Å². The Bertz CT molecular complexity index is 591. The van der Waals surface area contributed by atoms with Gasteiger partial charge in [-0.25, -0.2) is 0 Å². The fourth-order valence-electron chi connectivity index (χ4n) is 3.20. The van der Waals surface area contributed by atoms with E-state index >= 15 is 0 Å². The zero-order valence-corrected chi connectivity index (χ0v) is 14.7. The minimum absolute atomic E-state index is 0.371. The van der Waals surface area contributed by atoms with Gasteiger partial charge in [-0.2, -0.15) is 0 Å². The fourth-order valence-corrected chi connectivity index (χ4v) is 3.20. The third-order valence-electron chi connectivity index (χ3n) is 4.84. The van der Waals surface area contributed by atoms with Crippen molar-refractivity contribution in [2.24, 2.45) is 0 Å². The molecule has 2 aromatic rings. The average molecular weight is 330 g/mol. The average Bonchev–Trinajstić information content (AvgIpc) is 2.66. The van der Waals surface area contributed by atoms with Crippen molar-refractivity contribution in [3.05, 3.63) is 59.7 Å². The molecule has 130 valence electrons. The molecule has 0 saturated heterocycles. The molecule has 0 bridgehead atoms. The lowest BCUT2D eigenvalue weighted by molar-refractivity contribution is -0.169. The van der Waals surface area contributed by atoms with Crippen LogP contribution in [0.1, 0.15) is 37.8 Å². The Morgan fingerprint density at radius 3 is 1.17 bits per heavy atom. The third-order valence-corrected chi connectivity index (χ3v) is 4.84. The Morgan fingerprint density at radius 2 is 0.958 bits per heavy atom. The Kier molecular flexibility index (Phi) is 5.52. The normalized spacial score (nSPS) is 16.1. The molecule has 0 aromatic heterocycles. The van der Waals surface area contributed by atoms with Gasteiger partial charge in [0.25, 0.3) is 0 Å². The van der Waals surface area contributed by atoms with Crippen LogP contribution in [0.3, 0.4) is 0 Å². The Labute approximate surface area is 143 Å². The van der Waals surface area contributed by atoms with Crippen molar-refractivity contribution in [2.45, 2.75) is 37.9 Å². The SMILES string of the molecule is CCC(O)(c1ccc(OC)cc1)C(O)(CC)c1ccc(OC)cc1. The second kappa shape index (κ2) is 7.24. The zero-order valence-electron chi connectivity index (χ0n) is 14.7. The number of methoxy groups -OCH3 is 2. The van der Waals surface area contributed by atoms with Crippen LogP contribution in [0.25, 0.3) is 0 Å². The predicted molar refractivity (Wildman–Crippen MR) is 94.4 cm³/mol. The minimum Gasteiger partial charge on any atom is -0.497 e. The molecule has 0 fully saturated rings. The summed E-state index contributed by atoms with van der Waals surface area (Å²) in [7, 11) is 3.20. The van der Waals surface area contributed by atoms with E-state index in [0.717, 1.165) is 0 Å². The highest BCUT2D eigenvalue weighted by atomic mass is 16.5. The quantitative estimate of drug-likeness (QED) is 0.814. The summed E-state index contributed by atoms with van der Waals surface area (Å²) in [5.74, 6) is 1.42. The molecule has 2 atom stereocenters. The molecule has 0 radical (unpaired) electrons. The predicted octanol–water partition coefficient (Wildman–Crippen LogP) is 3.60. The number of hydrogen-bond donors (Lipinski definition) is 2. The summed E-state index contributed by atoms with van der Waals surface area (Å²) >= 11 is 0. The first-order chi connectivity index (χ1) is 11.4. The van der Waals surface area contributed by atoms with Crippen molar-refractivity contribution >= 4 is 0 Å². The van der Waals surface area contributed by atoms with Crippen molar-refractivity contribution in [3.8, 4) is 11.5 Å². The summed E-state index contributed by atoms with van der Waals surface area (Å²) in [5, 5.41) is 22.9. The smallest absolute Gasteiger partial charge is 0.122 e. The van der Waals surface area contributed by atoms with Gasteiger partial charge in [0.1, 0.15) is 22.7 Å². The summed E-state index contributed by atoms with van der Waals surface area (Å²) < 4.78 is 10.4. The maximum absolute atomic E-state index is 11.4. The Morgan fingerprint density at radius 1 is 0.667 bits per heavy atom. The van der Waals surface area contributed by atoms with E-state index in [2.05, 4.69) is 0 Å². The van der Waals surface area contributed by atoms with Crippen molar-refractivity contribution in [3.63, 3.8) is 0 Å². The van der Waals surface area contributed by atoms with Crippen LogP contribution in [0.2, 0.25) is 0 Å². The highest BCUT2D eigenvalue weighted by Gasteiger charge is 2.49. The second-order valence-electron chi connectivity index (χ2n) is 5.88. The molecule has 0 aliphatic carbocycles. The molecule has 0 aliphatic heterocycles. The number of ether oxygens (including phenoxy) is 2. The topological polar surface area (TPSA) is 58.9 Å². The maximum atomic E-state index is 11.4. The van der Waals surface area contributed by atoms with E-state index < -0.39 is 11.2 Å². The lowest BCUT2D eigenvalue weighted by Gasteiger charge is -2.43. The lowest BCUT2D eigenvalue weighted by atomic mass is 9.70. The monoisotopic (exact) mass is 330 g/mol. The summed E-state index contributed by atoms with van der Waals surface area (Å²) in [6.07, 6.45) is 0.741. The number of rotatable bonds is 7. The first-order valence-corrected chi connectivity index (χ1v) is 8.19. The van der Waals surface area contributed by atoms with Crippen LogP contribution in [0.4, 0.5) is 0 Å². The summed E-state index contributed by atoms with van der Waals surface area (Å²) in [6.45, 7) is 3.74. The van der Waals surface area contributed by atoms with E-state index in [4.69, 9.17) is 9.47 Å². The van der Waals surface area contributed by atoms with Crippen molar-refractivity contribution in [2.75, 3.05) is 14.2 Å². The molecule has 4 nitrogen and oxygen atoms in total. The molecule has 0 aliphatic rings. The van der Waals surface area contributed by atoms with Crippen LogP contribution in [0.15, 0.2) is 48.5 Å². The molecule has 2 aromatic carbocycles. The summed E-state index contributed by atoms with van der Waals surface area (Å²) in [4.78, 5) is 0. The molecular weight excluding hydrogens is 304 g/mol. The molecule has 2 unspecified atom stereocenters. The van der Waals surface area contributed by atoms with Crippen molar-refractivity contribution in [1.82, 2.24) is 0 Å². The van der Waals surface area contributed by atoms with Gasteiger partial charge in [-0.1, -0.05) is 38.1 Å². The highest BCUT2D eigenvalue weighted by molar-refractivity contribution is 5.38. The minimum atomic E-state index is -1.41. The van der Waals surface area contributed by atoms with Crippen LogP contribution in [-0.2, 0) is 11.2 Å². The number of aliphatic hydroxyl groups is 2. The summed E-state index contributed by atoms with van der Waals surface area (Å²) in [6, 6.07) is 14.4. The molecule has 0 saturated carbocycles. The van der Waals surface area contributed by atoms with Crippen LogP contribution >= 0.6 is 0 Å². The van der Waals surface area contributed by atoms with E-state index in [0.29, 0.717) is 35.5 Å². The van der Waals surface area contributed by atoms with E-state index in [-0.39, 0.29) is 0 Å². The first kappa shape index (κ1) is 18.3. The molecule has 0 spiro atoms. The van der Waals surface area contributed by atoms with Gasteiger partial charge >= 0.3 is 0 Å². The van der Waals surface area contributed by atoms with Gasteiger partial charge in [0.2, 0.25) is 0 Å². The molecule has 24 heavy (non-hydrogen) atoms. The molecule has 4 heteroatoms. The van der Waals surface area contributed by atoms with Gasteiger partial charge in [0.15, 0.2) is 0 Å². The van der Waals surface area contributed by atoms with Gasteiger partial charge < -0.3 is 19.7 Å². The van der Waals surface area contributed by atoms with E-state index in [1.807, 2.05) is 13.8 Å². The second-order valence-corrected chi connectivity index (χ2v) is 5.88. The summed E-state index contributed by atoms with van der Waals surface area (Å²) in [5.41, 5.74) is -1.51. The Hall–Kier alpha value is -2.04. The zero-order chi connectivity index (χ0) is 17.8. The molecular formula is C20H26O4. The van der Waals surface area contributed by atoms with Crippen LogP contribution in [0, 0.1) is 0 Å². The highest BCUT2D eigenvalue weighted by Crippen LogP contribution is 2.45. The first-order valence-electron chi connectivity index (χ1n) is 8.19. The van der Waals surface area contributed by atoms with Gasteiger partial charge in [0, 0.05) is 0 Å². The largest absolute Gasteiger partial charge is 0.497 e. The van der Waals surface area contributed by atoms with Gasteiger partial charge in [-0.05, 0) is 48.2 Å². The molecule has 0 amide bonds. The third kappa shape index (κ3) is 2.99. The van der Waals surface area contributed by atoms with Crippen molar-refractivity contribution < 1.29 is 19.7 Å². The molecule has 2 N–H and O–H groups in total. The fraction of sp³-hybridized carbons (Fsp3) is 0.400. The standard InChI is InChI=1S/C20H26O4/c1-5-19(21,15-7-11-17(23-3)12-8-15)20(22,6-2)16-9-13-18(24-4)14-10-16/h7-14,21-22H,5-6H2,1-4H3. The van der Waals surface area contributed by atoms with Crippen LogP contribution in [0.5, 0.6) is 11.5 Å². The van der Waals surface area contributed by atoms with Crippen molar-refractivity contribution in [1.29, 1.82) is 0 Å². The van der Waals surface area contributed by atoms with E-state index in [1.54, 1.807) is 62.8 Å². The molecule has 2 rings (SSSR count). The van der Waals surface area contributed by atoms with Crippen LogP contribution in [-0.4, -0.2) is 24.4 Å². The van der Waals surface area contributed by atoms with Gasteiger partial charge in [-0.3, -0.25) is 0 Å². The lowest BCUT2D eigenvalue weighted by Crippen LogP contribution is -2.48. The van der Waals surface area contributed by atoms with E-state index in [1.165, 1.54) is 0 Å². The molecule has 0 heterocycles. The van der Waals surface area contributed by atoms with Crippen LogP contribution < -0.4 is 9.47 Å². The maximum Gasteiger partial charge on any atom is 0.122 e. The Balaban J connectivity index is 2.52. The van der Waals surface area contributed by atoms with Gasteiger partial charge in [0.05, 0.1) is 14.2 Å². The number of benzene rings is 2. The number of hydrogen-bond acceptors (Lipinski definition) is 4. The van der Waals surface area contributed by atoms with E-state index in [9.17, 15) is 10.2 Å².